The van der Waals surface area contributed by atoms with Gasteiger partial charge in [-0.1, -0.05) is 17.2 Å². The lowest BCUT2D eigenvalue weighted by Crippen LogP contribution is -2.33. The minimum absolute atomic E-state index is 0.133. The fourth-order valence-electron chi connectivity index (χ4n) is 2.72. The van der Waals surface area contributed by atoms with Crippen LogP contribution in [-0.4, -0.2) is 22.8 Å². The van der Waals surface area contributed by atoms with Crippen molar-refractivity contribution >= 4 is 29.1 Å². The second kappa shape index (κ2) is 4.78. The molecular formula is C16H11NO4S. The lowest BCUT2D eigenvalue weighted by atomic mass is 10.1. The highest BCUT2D eigenvalue weighted by Crippen LogP contribution is 2.49. The minimum Gasteiger partial charge on any atom is -0.329 e. The second-order valence-electron chi connectivity index (χ2n) is 5.37. The highest BCUT2D eigenvalue weighted by atomic mass is 32.1. The van der Waals surface area contributed by atoms with Crippen LogP contribution in [0.15, 0.2) is 41.1 Å². The van der Waals surface area contributed by atoms with Gasteiger partial charge in [-0.05, 0) is 46.9 Å². The van der Waals surface area contributed by atoms with E-state index in [1.165, 1.54) is 0 Å². The molecule has 0 N–H and O–H groups in total. The average Bonchev–Trinajstić information content (AvgIpc) is 3.08. The van der Waals surface area contributed by atoms with Crippen LogP contribution in [0.2, 0.25) is 0 Å². The number of amides is 2. The molecule has 2 aromatic rings. The summed E-state index contributed by atoms with van der Waals surface area (Å²) in [4.78, 5) is 41.5. The number of benzene rings is 1. The Morgan fingerprint density at radius 3 is 2.41 bits per heavy atom. The largest absolute Gasteiger partial charge is 0.336 e. The number of nitrogens with zero attached hydrogens (tertiary/aromatic N) is 1. The Morgan fingerprint density at radius 1 is 1.14 bits per heavy atom. The minimum atomic E-state index is -0.582. The number of fused-ring (bicyclic) bond motifs is 1. The Balaban J connectivity index is 1.48. The van der Waals surface area contributed by atoms with E-state index in [-0.39, 0.29) is 23.0 Å². The van der Waals surface area contributed by atoms with Crippen molar-refractivity contribution in [3.8, 4) is 0 Å². The number of imide groups is 1. The van der Waals surface area contributed by atoms with Crippen molar-refractivity contribution in [1.29, 1.82) is 0 Å². The molecule has 2 amide bonds. The summed E-state index contributed by atoms with van der Waals surface area (Å²) >= 11 is 1.58. The van der Waals surface area contributed by atoms with Gasteiger partial charge in [0, 0.05) is 0 Å². The third kappa shape index (κ3) is 1.95. The summed E-state index contributed by atoms with van der Waals surface area (Å²) in [5.74, 6) is -1.83. The highest BCUT2D eigenvalue weighted by molar-refractivity contribution is 7.08. The molecular weight excluding hydrogens is 302 g/mol. The molecule has 1 aliphatic heterocycles. The summed E-state index contributed by atoms with van der Waals surface area (Å²) in [5, 5.41) is 4.54. The van der Waals surface area contributed by atoms with E-state index in [0.717, 1.165) is 5.56 Å². The van der Waals surface area contributed by atoms with Crippen LogP contribution in [0.4, 0.5) is 0 Å². The standard InChI is InChI=1S/C16H11NO4S/c18-14-10-3-1-2-4-11(10)15(19)17(14)21-16(20)13-7-12(13)9-5-6-22-8-9/h1-6,8,12-13H,7H2/t12-,13+/m0/s1. The molecule has 1 aromatic carbocycles. The lowest BCUT2D eigenvalue weighted by Gasteiger charge is -2.12. The van der Waals surface area contributed by atoms with Crippen LogP contribution in [-0.2, 0) is 9.63 Å². The van der Waals surface area contributed by atoms with Crippen LogP contribution >= 0.6 is 11.3 Å². The number of carbonyl (C=O) groups excluding carboxylic acids is 3. The molecule has 6 heteroatoms. The van der Waals surface area contributed by atoms with Gasteiger partial charge in [-0.15, -0.1) is 0 Å². The van der Waals surface area contributed by atoms with Gasteiger partial charge in [-0.3, -0.25) is 9.59 Å². The zero-order valence-electron chi connectivity index (χ0n) is 11.4. The average molecular weight is 313 g/mol. The third-order valence-corrected chi connectivity index (χ3v) is 4.70. The maximum absolute atomic E-state index is 12.1. The predicted octanol–water partition coefficient (Wildman–Crippen LogP) is 2.61. The maximum atomic E-state index is 12.1. The molecule has 4 rings (SSSR count). The van der Waals surface area contributed by atoms with Crippen LogP contribution in [0.1, 0.15) is 38.6 Å². The molecule has 5 nitrogen and oxygen atoms in total. The van der Waals surface area contributed by atoms with Gasteiger partial charge in [0.2, 0.25) is 0 Å². The molecule has 0 spiro atoms. The predicted molar refractivity (Wildman–Crippen MR) is 78.2 cm³/mol. The van der Waals surface area contributed by atoms with Crippen LogP contribution in [0.3, 0.4) is 0 Å². The van der Waals surface area contributed by atoms with Crippen molar-refractivity contribution in [2.45, 2.75) is 12.3 Å². The summed E-state index contributed by atoms with van der Waals surface area (Å²) < 4.78 is 0. The molecule has 1 aliphatic carbocycles. The molecule has 1 saturated carbocycles. The first-order valence-electron chi connectivity index (χ1n) is 6.88. The summed E-state index contributed by atoms with van der Waals surface area (Å²) in [5.41, 5.74) is 1.64. The molecule has 22 heavy (non-hydrogen) atoms. The molecule has 0 unspecified atom stereocenters. The van der Waals surface area contributed by atoms with Gasteiger partial charge in [0.1, 0.15) is 0 Å². The summed E-state index contributed by atoms with van der Waals surface area (Å²) in [7, 11) is 0. The van der Waals surface area contributed by atoms with Gasteiger partial charge in [-0.25, -0.2) is 4.79 Å². The zero-order valence-corrected chi connectivity index (χ0v) is 12.2. The molecule has 0 saturated heterocycles. The first kappa shape index (κ1) is 13.2. The van der Waals surface area contributed by atoms with E-state index in [1.54, 1.807) is 35.6 Å². The molecule has 0 radical (unpaired) electrons. The van der Waals surface area contributed by atoms with Gasteiger partial charge in [0.05, 0.1) is 17.0 Å². The summed E-state index contributed by atoms with van der Waals surface area (Å²) in [6.45, 7) is 0. The van der Waals surface area contributed by atoms with Gasteiger partial charge in [-0.2, -0.15) is 11.3 Å². The number of hydrogen-bond acceptors (Lipinski definition) is 5. The molecule has 0 bridgehead atoms. The van der Waals surface area contributed by atoms with E-state index in [1.807, 2.05) is 16.8 Å². The molecule has 2 heterocycles. The summed E-state index contributed by atoms with van der Waals surface area (Å²) in [6.07, 6.45) is 0.693. The van der Waals surface area contributed by atoms with Crippen LogP contribution in [0.5, 0.6) is 0 Å². The van der Waals surface area contributed by atoms with Gasteiger partial charge in [0.15, 0.2) is 0 Å². The Hall–Kier alpha value is -2.47. The number of thiophene rings is 1. The Labute approximate surface area is 130 Å². The quantitative estimate of drug-likeness (QED) is 0.817. The summed E-state index contributed by atoms with van der Waals surface area (Å²) in [6, 6.07) is 8.42. The SMILES string of the molecule is O=C(ON1C(=O)c2ccccc2C1=O)[C@@H]1C[C@H]1c1ccsc1. The monoisotopic (exact) mass is 313 g/mol. The number of hydroxylamine groups is 2. The fourth-order valence-corrected chi connectivity index (χ4v) is 3.44. The van der Waals surface area contributed by atoms with Crippen molar-refractivity contribution < 1.29 is 19.2 Å². The molecule has 2 aliphatic rings. The fraction of sp³-hybridized carbons (Fsp3) is 0.188. The van der Waals surface area contributed by atoms with Gasteiger partial charge >= 0.3 is 5.97 Å². The molecule has 1 aromatic heterocycles. The van der Waals surface area contributed by atoms with Crippen molar-refractivity contribution in [2.75, 3.05) is 0 Å². The van der Waals surface area contributed by atoms with Gasteiger partial charge < -0.3 is 4.84 Å². The zero-order chi connectivity index (χ0) is 15.3. The maximum Gasteiger partial charge on any atom is 0.336 e. The van der Waals surface area contributed by atoms with Crippen LogP contribution < -0.4 is 0 Å². The van der Waals surface area contributed by atoms with Crippen molar-refractivity contribution in [1.82, 2.24) is 5.06 Å². The van der Waals surface area contributed by atoms with Gasteiger partial charge in [0.25, 0.3) is 11.8 Å². The van der Waals surface area contributed by atoms with Crippen molar-refractivity contribution in [2.24, 2.45) is 5.92 Å². The smallest absolute Gasteiger partial charge is 0.329 e. The first-order chi connectivity index (χ1) is 10.7. The third-order valence-electron chi connectivity index (χ3n) is 4.00. The lowest BCUT2D eigenvalue weighted by molar-refractivity contribution is -0.170. The Kier molecular flexibility index (Phi) is 2.87. The highest BCUT2D eigenvalue weighted by Gasteiger charge is 2.48. The van der Waals surface area contributed by atoms with Crippen molar-refractivity contribution in [3.05, 3.63) is 57.8 Å². The molecule has 110 valence electrons. The first-order valence-corrected chi connectivity index (χ1v) is 7.83. The van der Waals surface area contributed by atoms with E-state index in [0.29, 0.717) is 11.5 Å². The topological polar surface area (TPSA) is 63.7 Å². The van der Waals surface area contributed by atoms with E-state index in [4.69, 9.17) is 4.84 Å². The Morgan fingerprint density at radius 2 is 1.82 bits per heavy atom. The molecule has 1 fully saturated rings. The Bertz CT molecular complexity index is 748. The van der Waals surface area contributed by atoms with E-state index in [9.17, 15) is 14.4 Å². The number of hydrogen-bond donors (Lipinski definition) is 0. The van der Waals surface area contributed by atoms with E-state index in [2.05, 4.69) is 0 Å². The molecule has 2 atom stereocenters. The van der Waals surface area contributed by atoms with Crippen LogP contribution in [0, 0.1) is 5.92 Å². The normalized spacial score (nSPS) is 22.6. The number of carbonyl (C=O) groups is 3. The van der Waals surface area contributed by atoms with E-state index >= 15 is 0 Å². The number of rotatable bonds is 3. The second-order valence-corrected chi connectivity index (χ2v) is 6.15. The van der Waals surface area contributed by atoms with E-state index < -0.39 is 17.8 Å². The van der Waals surface area contributed by atoms with Crippen LogP contribution in [0.25, 0.3) is 0 Å². The van der Waals surface area contributed by atoms with Crippen molar-refractivity contribution in [3.63, 3.8) is 0 Å².